The average Bonchev–Trinajstić information content (AvgIpc) is 3.19. The SMILES string of the molecule is Cc1ccc(SCCNC(=O)c2ccccc2OCc2cn3ccccc3n2)cc1. The van der Waals surface area contributed by atoms with Crippen molar-refractivity contribution < 1.29 is 9.53 Å². The molecule has 4 rings (SSSR count). The van der Waals surface area contributed by atoms with Crippen LogP contribution >= 0.6 is 11.8 Å². The van der Waals surface area contributed by atoms with Crippen molar-refractivity contribution in [3.8, 4) is 5.75 Å². The monoisotopic (exact) mass is 417 g/mol. The van der Waals surface area contributed by atoms with Crippen molar-refractivity contribution >= 4 is 23.3 Å². The minimum atomic E-state index is -0.134. The Balaban J connectivity index is 1.32. The van der Waals surface area contributed by atoms with Crippen LogP contribution in [0.2, 0.25) is 0 Å². The smallest absolute Gasteiger partial charge is 0.255 e. The van der Waals surface area contributed by atoms with Crippen LogP contribution in [0.4, 0.5) is 0 Å². The summed E-state index contributed by atoms with van der Waals surface area (Å²) in [7, 11) is 0. The number of nitrogens with one attached hydrogen (secondary N) is 1. The Morgan fingerprint density at radius 1 is 1.07 bits per heavy atom. The Morgan fingerprint density at radius 2 is 1.87 bits per heavy atom. The quantitative estimate of drug-likeness (QED) is 0.332. The zero-order valence-electron chi connectivity index (χ0n) is 16.7. The fraction of sp³-hybridized carbons (Fsp3) is 0.167. The lowest BCUT2D eigenvalue weighted by Crippen LogP contribution is -2.26. The van der Waals surface area contributed by atoms with E-state index < -0.39 is 0 Å². The number of hydrogen-bond acceptors (Lipinski definition) is 4. The molecule has 0 aliphatic rings. The van der Waals surface area contributed by atoms with E-state index in [1.165, 1.54) is 10.5 Å². The highest BCUT2D eigenvalue weighted by Gasteiger charge is 2.12. The maximum Gasteiger partial charge on any atom is 0.255 e. The number of rotatable bonds is 8. The van der Waals surface area contributed by atoms with Crippen molar-refractivity contribution in [2.75, 3.05) is 12.3 Å². The van der Waals surface area contributed by atoms with Crippen molar-refractivity contribution in [1.29, 1.82) is 0 Å². The van der Waals surface area contributed by atoms with Gasteiger partial charge in [0.05, 0.1) is 11.3 Å². The van der Waals surface area contributed by atoms with Crippen LogP contribution in [0.25, 0.3) is 5.65 Å². The van der Waals surface area contributed by atoms with E-state index in [1.54, 1.807) is 17.8 Å². The minimum Gasteiger partial charge on any atom is -0.486 e. The van der Waals surface area contributed by atoms with Gasteiger partial charge < -0.3 is 14.5 Å². The fourth-order valence-electron chi connectivity index (χ4n) is 3.05. The average molecular weight is 418 g/mol. The number of thioether (sulfide) groups is 1. The summed E-state index contributed by atoms with van der Waals surface area (Å²) in [5.41, 5.74) is 3.45. The topological polar surface area (TPSA) is 55.6 Å². The molecule has 0 radical (unpaired) electrons. The summed E-state index contributed by atoms with van der Waals surface area (Å²) in [6.45, 7) is 2.95. The zero-order valence-corrected chi connectivity index (χ0v) is 17.6. The van der Waals surface area contributed by atoms with E-state index >= 15 is 0 Å². The predicted octanol–water partition coefficient (Wildman–Crippen LogP) is 4.74. The highest BCUT2D eigenvalue weighted by Crippen LogP contribution is 2.20. The van der Waals surface area contributed by atoms with Crippen molar-refractivity contribution in [2.24, 2.45) is 0 Å². The number of benzene rings is 2. The third-order valence-corrected chi connectivity index (χ3v) is 5.61. The second kappa shape index (κ2) is 9.50. The molecule has 5 nitrogen and oxygen atoms in total. The number of carbonyl (C=O) groups excluding carboxylic acids is 1. The number of hydrogen-bond donors (Lipinski definition) is 1. The van der Waals surface area contributed by atoms with Gasteiger partial charge in [0, 0.05) is 29.6 Å². The summed E-state index contributed by atoms with van der Waals surface area (Å²) in [5.74, 6) is 1.22. The molecule has 0 spiro atoms. The molecular weight excluding hydrogens is 394 g/mol. The number of imidazole rings is 1. The predicted molar refractivity (Wildman–Crippen MR) is 120 cm³/mol. The van der Waals surface area contributed by atoms with E-state index in [9.17, 15) is 4.79 Å². The maximum absolute atomic E-state index is 12.7. The molecule has 0 aliphatic heterocycles. The first-order chi connectivity index (χ1) is 14.7. The molecule has 0 saturated heterocycles. The molecule has 0 atom stereocenters. The molecule has 4 aromatic rings. The van der Waals surface area contributed by atoms with E-state index in [-0.39, 0.29) is 5.91 Å². The fourth-order valence-corrected chi connectivity index (χ4v) is 3.82. The molecule has 0 saturated carbocycles. The molecule has 6 heteroatoms. The minimum absolute atomic E-state index is 0.134. The van der Waals surface area contributed by atoms with E-state index in [0.717, 1.165) is 17.1 Å². The third kappa shape index (κ3) is 5.02. The number of ether oxygens (including phenoxy) is 1. The highest BCUT2D eigenvalue weighted by molar-refractivity contribution is 7.99. The molecule has 0 bridgehead atoms. The lowest BCUT2D eigenvalue weighted by molar-refractivity contribution is 0.0951. The number of fused-ring (bicyclic) bond motifs is 1. The summed E-state index contributed by atoms with van der Waals surface area (Å²) < 4.78 is 7.87. The molecule has 2 aromatic carbocycles. The van der Waals surface area contributed by atoms with E-state index in [1.807, 2.05) is 53.2 Å². The molecule has 0 fully saturated rings. The van der Waals surface area contributed by atoms with Gasteiger partial charge in [-0.25, -0.2) is 4.98 Å². The van der Waals surface area contributed by atoms with Gasteiger partial charge in [0.15, 0.2) is 0 Å². The van der Waals surface area contributed by atoms with Crippen LogP contribution in [-0.4, -0.2) is 27.6 Å². The van der Waals surface area contributed by atoms with Gasteiger partial charge >= 0.3 is 0 Å². The van der Waals surface area contributed by atoms with E-state index in [4.69, 9.17) is 4.74 Å². The second-order valence-corrected chi connectivity index (χ2v) is 8.07. The Kier molecular flexibility index (Phi) is 6.35. The first-order valence-electron chi connectivity index (χ1n) is 9.81. The molecule has 2 heterocycles. The molecular formula is C24H23N3O2S. The zero-order chi connectivity index (χ0) is 20.8. The summed E-state index contributed by atoms with van der Waals surface area (Å²) in [4.78, 5) is 18.4. The van der Waals surface area contributed by atoms with Gasteiger partial charge in [0.1, 0.15) is 18.0 Å². The molecule has 0 unspecified atom stereocenters. The summed E-state index contributed by atoms with van der Waals surface area (Å²) in [5, 5.41) is 2.98. The number of carbonyl (C=O) groups is 1. The number of amides is 1. The highest BCUT2D eigenvalue weighted by atomic mass is 32.2. The van der Waals surface area contributed by atoms with Crippen LogP contribution in [0.15, 0.2) is 84.0 Å². The van der Waals surface area contributed by atoms with Crippen LogP contribution in [0.3, 0.4) is 0 Å². The van der Waals surface area contributed by atoms with Gasteiger partial charge in [0.2, 0.25) is 0 Å². The summed E-state index contributed by atoms with van der Waals surface area (Å²) in [6, 6.07) is 21.5. The van der Waals surface area contributed by atoms with Gasteiger partial charge in [-0.3, -0.25) is 4.79 Å². The molecule has 1 amide bonds. The number of aromatic nitrogens is 2. The number of pyridine rings is 1. The Labute approximate surface area is 180 Å². The van der Waals surface area contributed by atoms with Crippen LogP contribution in [-0.2, 0) is 6.61 Å². The van der Waals surface area contributed by atoms with E-state index in [2.05, 4.69) is 41.5 Å². The lowest BCUT2D eigenvalue weighted by atomic mass is 10.2. The normalized spacial score (nSPS) is 10.8. The summed E-state index contributed by atoms with van der Waals surface area (Å²) >= 11 is 1.72. The van der Waals surface area contributed by atoms with Crippen LogP contribution in [0.5, 0.6) is 5.75 Å². The number of para-hydroxylation sites is 1. The first-order valence-corrected chi connectivity index (χ1v) is 10.8. The van der Waals surface area contributed by atoms with Crippen LogP contribution in [0.1, 0.15) is 21.6 Å². The number of aryl methyl sites for hydroxylation is 1. The van der Waals surface area contributed by atoms with Crippen LogP contribution in [0, 0.1) is 6.92 Å². The van der Waals surface area contributed by atoms with Crippen molar-refractivity contribution in [3.63, 3.8) is 0 Å². The van der Waals surface area contributed by atoms with Crippen LogP contribution < -0.4 is 10.1 Å². The first kappa shape index (κ1) is 20.0. The third-order valence-electron chi connectivity index (χ3n) is 4.60. The van der Waals surface area contributed by atoms with E-state index in [0.29, 0.717) is 24.5 Å². The molecule has 152 valence electrons. The van der Waals surface area contributed by atoms with Crippen molar-refractivity contribution in [2.45, 2.75) is 18.4 Å². The van der Waals surface area contributed by atoms with Gasteiger partial charge in [-0.05, 0) is 43.3 Å². The maximum atomic E-state index is 12.7. The molecule has 0 aliphatic carbocycles. The number of nitrogens with zero attached hydrogens (tertiary/aromatic N) is 2. The van der Waals surface area contributed by atoms with Gasteiger partial charge in [0.25, 0.3) is 5.91 Å². The van der Waals surface area contributed by atoms with Gasteiger partial charge in [-0.1, -0.05) is 35.9 Å². The van der Waals surface area contributed by atoms with Crippen molar-refractivity contribution in [3.05, 3.63) is 95.9 Å². The van der Waals surface area contributed by atoms with Crippen molar-refractivity contribution in [1.82, 2.24) is 14.7 Å². The molecule has 1 N–H and O–H groups in total. The summed E-state index contributed by atoms with van der Waals surface area (Å²) in [6.07, 6.45) is 3.88. The Morgan fingerprint density at radius 3 is 2.70 bits per heavy atom. The standard InChI is InChI=1S/C24H23N3O2S/c1-18-9-11-20(12-10-18)30-15-13-25-24(28)21-6-2-3-7-22(21)29-17-19-16-27-14-5-4-8-23(27)26-19/h2-12,14,16H,13,15,17H2,1H3,(H,25,28). The second-order valence-electron chi connectivity index (χ2n) is 6.90. The Bertz CT molecular complexity index is 1110. The lowest BCUT2D eigenvalue weighted by Gasteiger charge is -2.11. The van der Waals surface area contributed by atoms with Gasteiger partial charge in [-0.2, -0.15) is 0 Å². The molecule has 2 aromatic heterocycles. The molecule has 30 heavy (non-hydrogen) atoms. The van der Waals surface area contributed by atoms with Gasteiger partial charge in [-0.15, -0.1) is 11.8 Å². The largest absolute Gasteiger partial charge is 0.486 e. The Hall–Kier alpha value is -3.25.